The van der Waals surface area contributed by atoms with Gasteiger partial charge in [-0.25, -0.2) is 0 Å². The SMILES string of the molecule is Cc1cc(C)cc(C2CNCC2(C)N)c1. The maximum absolute atomic E-state index is 6.29. The van der Waals surface area contributed by atoms with Crippen molar-refractivity contribution in [1.82, 2.24) is 5.32 Å². The number of nitrogens with one attached hydrogen (secondary N) is 1. The number of hydrogen-bond donors (Lipinski definition) is 2. The molecule has 82 valence electrons. The molecule has 0 spiro atoms. The second kappa shape index (κ2) is 3.62. The van der Waals surface area contributed by atoms with Gasteiger partial charge in [-0.1, -0.05) is 29.3 Å². The van der Waals surface area contributed by atoms with Gasteiger partial charge in [-0.05, 0) is 26.3 Å². The maximum Gasteiger partial charge on any atom is 0.0333 e. The van der Waals surface area contributed by atoms with E-state index < -0.39 is 0 Å². The smallest absolute Gasteiger partial charge is 0.0333 e. The quantitative estimate of drug-likeness (QED) is 0.731. The molecule has 1 aliphatic rings. The molecule has 0 saturated carbocycles. The Morgan fingerprint density at radius 3 is 2.33 bits per heavy atom. The molecule has 1 aromatic rings. The average molecular weight is 204 g/mol. The summed E-state index contributed by atoms with van der Waals surface area (Å²) in [5.74, 6) is 0.441. The van der Waals surface area contributed by atoms with E-state index in [4.69, 9.17) is 5.73 Å². The third-order valence-electron chi connectivity index (χ3n) is 3.30. The lowest BCUT2D eigenvalue weighted by molar-refractivity contribution is 0.462. The van der Waals surface area contributed by atoms with Gasteiger partial charge >= 0.3 is 0 Å². The molecule has 0 amide bonds. The molecule has 1 saturated heterocycles. The summed E-state index contributed by atoms with van der Waals surface area (Å²) in [6, 6.07) is 6.73. The summed E-state index contributed by atoms with van der Waals surface area (Å²) in [6.07, 6.45) is 0. The van der Waals surface area contributed by atoms with E-state index in [-0.39, 0.29) is 5.54 Å². The van der Waals surface area contributed by atoms with Crippen LogP contribution < -0.4 is 11.1 Å². The van der Waals surface area contributed by atoms with Gasteiger partial charge in [0, 0.05) is 24.5 Å². The highest BCUT2D eigenvalue weighted by Gasteiger charge is 2.36. The van der Waals surface area contributed by atoms with Gasteiger partial charge in [0.05, 0.1) is 0 Å². The fourth-order valence-electron chi connectivity index (χ4n) is 2.55. The topological polar surface area (TPSA) is 38.0 Å². The minimum atomic E-state index is -0.111. The van der Waals surface area contributed by atoms with Crippen molar-refractivity contribution in [2.24, 2.45) is 5.73 Å². The third-order valence-corrected chi connectivity index (χ3v) is 3.30. The molecule has 2 atom stereocenters. The first-order valence-corrected chi connectivity index (χ1v) is 5.57. The molecule has 3 N–H and O–H groups in total. The van der Waals surface area contributed by atoms with Gasteiger partial charge in [-0.3, -0.25) is 0 Å². The second-order valence-electron chi connectivity index (χ2n) is 5.11. The fourth-order valence-corrected chi connectivity index (χ4v) is 2.55. The van der Waals surface area contributed by atoms with E-state index in [1.165, 1.54) is 16.7 Å². The molecule has 0 radical (unpaired) electrons. The van der Waals surface area contributed by atoms with E-state index in [1.54, 1.807) is 0 Å². The second-order valence-corrected chi connectivity index (χ2v) is 5.11. The molecular weight excluding hydrogens is 184 g/mol. The number of nitrogens with two attached hydrogens (primary N) is 1. The van der Waals surface area contributed by atoms with Crippen molar-refractivity contribution in [1.29, 1.82) is 0 Å². The molecule has 2 heteroatoms. The van der Waals surface area contributed by atoms with Crippen molar-refractivity contribution in [3.05, 3.63) is 34.9 Å². The molecule has 1 fully saturated rings. The molecule has 2 unspecified atom stereocenters. The van der Waals surface area contributed by atoms with Crippen LogP contribution >= 0.6 is 0 Å². The average Bonchev–Trinajstić information content (AvgIpc) is 2.43. The van der Waals surface area contributed by atoms with E-state index in [0.29, 0.717) is 5.92 Å². The Balaban J connectivity index is 2.37. The van der Waals surface area contributed by atoms with Crippen molar-refractivity contribution in [2.75, 3.05) is 13.1 Å². The van der Waals surface area contributed by atoms with Crippen LogP contribution in [0.3, 0.4) is 0 Å². The molecular formula is C13H20N2. The van der Waals surface area contributed by atoms with Crippen LogP contribution in [-0.2, 0) is 0 Å². The van der Waals surface area contributed by atoms with E-state index in [2.05, 4.69) is 44.3 Å². The summed E-state index contributed by atoms with van der Waals surface area (Å²) in [7, 11) is 0. The van der Waals surface area contributed by atoms with Gasteiger partial charge in [0.2, 0.25) is 0 Å². The van der Waals surface area contributed by atoms with Crippen molar-refractivity contribution in [2.45, 2.75) is 32.2 Å². The van der Waals surface area contributed by atoms with Crippen LogP contribution in [0.1, 0.15) is 29.5 Å². The van der Waals surface area contributed by atoms with Crippen LogP contribution in [-0.4, -0.2) is 18.6 Å². The molecule has 0 aliphatic carbocycles. The van der Waals surface area contributed by atoms with Crippen molar-refractivity contribution in [3.8, 4) is 0 Å². The van der Waals surface area contributed by atoms with E-state index in [0.717, 1.165) is 13.1 Å². The standard InChI is InChI=1S/C13H20N2/c1-9-4-10(2)6-11(5-9)12-7-15-8-13(12,3)14/h4-6,12,15H,7-8,14H2,1-3H3. The normalized spacial score (nSPS) is 30.8. The number of aryl methyl sites for hydroxylation is 2. The fraction of sp³-hybridized carbons (Fsp3) is 0.538. The lowest BCUT2D eigenvalue weighted by atomic mass is 9.83. The minimum absolute atomic E-state index is 0.111. The third kappa shape index (κ3) is 2.06. The van der Waals surface area contributed by atoms with E-state index in [1.807, 2.05) is 0 Å². The molecule has 2 nitrogen and oxygen atoms in total. The van der Waals surface area contributed by atoms with Gasteiger partial charge in [0.15, 0.2) is 0 Å². The Morgan fingerprint density at radius 1 is 1.27 bits per heavy atom. The molecule has 15 heavy (non-hydrogen) atoms. The molecule has 2 rings (SSSR count). The van der Waals surface area contributed by atoms with Gasteiger partial charge in [0.1, 0.15) is 0 Å². The van der Waals surface area contributed by atoms with Crippen LogP contribution in [0, 0.1) is 13.8 Å². The zero-order chi connectivity index (χ0) is 11.1. The molecule has 1 heterocycles. The van der Waals surface area contributed by atoms with Gasteiger partial charge in [-0.2, -0.15) is 0 Å². The minimum Gasteiger partial charge on any atom is -0.324 e. The number of rotatable bonds is 1. The summed E-state index contributed by atoms with van der Waals surface area (Å²) in [4.78, 5) is 0. The van der Waals surface area contributed by atoms with Crippen molar-refractivity contribution < 1.29 is 0 Å². The maximum atomic E-state index is 6.29. The summed E-state index contributed by atoms with van der Waals surface area (Å²) in [5, 5.41) is 3.38. The Labute approximate surface area is 91.9 Å². The first-order valence-electron chi connectivity index (χ1n) is 5.57. The monoisotopic (exact) mass is 204 g/mol. The summed E-state index contributed by atoms with van der Waals surface area (Å²) in [6.45, 7) is 8.33. The Hall–Kier alpha value is -0.860. The lowest BCUT2D eigenvalue weighted by Crippen LogP contribution is -2.42. The van der Waals surface area contributed by atoms with Crippen LogP contribution in [0.5, 0.6) is 0 Å². The Kier molecular flexibility index (Phi) is 2.57. The zero-order valence-corrected chi connectivity index (χ0v) is 9.80. The van der Waals surface area contributed by atoms with Crippen LogP contribution in [0.4, 0.5) is 0 Å². The zero-order valence-electron chi connectivity index (χ0n) is 9.80. The Morgan fingerprint density at radius 2 is 1.87 bits per heavy atom. The predicted molar refractivity (Wildman–Crippen MR) is 64.1 cm³/mol. The summed E-state index contributed by atoms with van der Waals surface area (Å²) < 4.78 is 0. The van der Waals surface area contributed by atoms with Crippen molar-refractivity contribution >= 4 is 0 Å². The molecule has 1 aromatic carbocycles. The summed E-state index contributed by atoms with van der Waals surface area (Å²) in [5.41, 5.74) is 10.2. The van der Waals surface area contributed by atoms with E-state index >= 15 is 0 Å². The van der Waals surface area contributed by atoms with Gasteiger partial charge < -0.3 is 11.1 Å². The lowest BCUT2D eigenvalue weighted by Gasteiger charge is -2.26. The van der Waals surface area contributed by atoms with Gasteiger partial charge in [-0.15, -0.1) is 0 Å². The molecule has 0 bridgehead atoms. The van der Waals surface area contributed by atoms with Crippen LogP contribution in [0.2, 0.25) is 0 Å². The van der Waals surface area contributed by atoms with Crippen molar-refractivity contribution in [3.63, 3.8) is 0 Å². The predicted octanol–water partition coefficient (Wildman–Crippen LogP) is 1.71. The largest absolute Gasteiger partial charge is 0.324 e. The van der Waals surface area contributed by atoms with Crippen LogP contribution in [0.25, 0.3) is 0 Å². The van der Waals surface area contributed by atoms with Crippen LogP contribution in [0.15, 0.2) is 18.2 Å². The molecule has 0 aromatic heterocycles. The van der Waals surface area contributed by atoms with Gasteiger partial charge in [0.25, 0.3) is 0 Å². The highest BCUT2D eigenvalue weighted by Crippen LogP contribution is 2.30. The summed E-state index contributed by atoms with van der Waals surface area (Å²) >= 11 is 0. The highest BCUT2D eigenvalue weighted by molar-refractivity contribution is 5.34. The number of hydrogen-bond acceptors (Lipinski definition) is 2. The first-order chi connectivity index (χ1) is 6.99. The highest BCUT2D eigenvalue weighted by atomic mass is 15.0. The molecule has 1 aliphatic heterocycles. The first kappa shape index (κ1) is 10.7. The van der Waals surface area contributed by atoms with E-state index in [9.17, 15) is 0 Å². The Bertz CT molecular complexity index is 349. The number of benzene rings is 1.